The van der Waals surface area contributed by atoms with Crippen LogP contribution in [0.3, 0.4) is 0 Å². The highest BCUT2D eigenvalue weighted by Crippen LogP contribution is 2.20. The fraction of sp³-hybridized carbons (Fsp3) is 0.500. The molecule has 1 rings (SSSR count). The third-order valence-electron chi connectivity index (χ3n) is 2.45. The summed E-state index contributed by atoms with van der Waals surface area (Å²) in [6.07, 6.45) is 1.00. The van der Waals surface area contributed by atoms with E-state index in [1.165, 1.54) is 11.1 Å². The summed E-state index contributed by atoms with van der Waals surface area (Å²) in [5.74, 6) is 0.587. The van der Waals surface area contributed by atoms with Crippen LogP contribution in [-0.2, 0) is 0 Å². The molecule has 1 aromatic rings. The topological polar surface area (TPSA) is 26.0 Å². The van der Waals surface area contributed by atoms with Crippen molar-refractivity contribution in [3.63, 3.8) is 0 Å². The normalized spacial score (nSPS) is 12.4. The molecule has 0 saturated heterocycles. The van der Waals surface area contributed by atoms with Gasteiger partial charge in [0.05, 0.1) is 0 Å². The van der Waals surface area contributed by atoms with Crippen molar-refractivity contribution < 1.29 is 0 Å². The molecular weight excluding hydrogens is 194 g/mol. The largest absolute Gasteiger partial charge is 0.324 e. The van der Waals surface area contributed by atoms with Gasteiger partial charge < -0.3 is 5.73 Å². The average molecular weight is 214 g/mol. The minimum absolute atomic E-state index is 0. The molecule has 1 atom stereocenters. The molecule has 0 aromatic heterocycles. The van der Waals surface area contributed by atoms with E-state index in [4.69, 9.17) is 5.73 Å². The second kappa shape index (κ2) is 6.05. The van der Waals surface area contributed by atoms with Crippen LogP contribution in [0.25, 0.3) is 0 Å². The number of nitrogens with two attached hydrogens (primary N) is 1. The van der Waals surface area contributed by atoms with Crippen molar-refractivity contribution in [1.29, 1.82) is 0 Å². The van der Waals surface area contributed by atoms with Gasteiger partial charge in [-0.25, -0.2) is 0 Å². The van der Waals surface area contributed by atoms with Gasteiger partial charge in [0.2, 0.25) is 0 Å². The summed E-state index contributed by atoms with van der Waals surface area (Å²) in [6.45, 7) is 6.53. The first-order valence-corrected chi connectivity index (χ1v) is 5.00. The fourth-order valence-corrected chi connectivity index (χ4v) is 1.38. The monoisotopic (exact) mass is 213 g/mol. The van der Waals surface area contributed by atoms with Gasteiger partial charge in [0.25, 0.3) is 0 Å². The molecule has 0 spiro atoms. The highest BCUT2D eigenvalue weighted by atomic mass is 35.5. The van der Waals surface area contributed by atoms with Crippen LogP contribution < -0.4 is 5.73 Å². The Morgan fingerprint density at radius 3 is 2.29 bits per heavy atom. The fourth-order valence-electron chi connectivity index (χ4n) is 1.38. The second-order valence-electron chi connectivity index (χ2n) is 3.84. The predicted octanol–water partition coefficient (Wildman–Crippen LogP) is 3.64. The van der Waals surface area contributed by atoms with E-state index < -0.39 is 0 Å². The molecule has 0 radical (unpaired) electrons. The van der Waals surface area contributed by atoms with Crippen molar-refractivity contribution in [3.8, 4) is 0 Å². The van der Waals surface area contributed by atoms with Crippen LogP contribution >= 0.6 is 12.4 Å². The summed E-state index contributed by atoms with van der Waals surface area (Å²) in [7, 11) is 0. The molecule has 0 unspecified atom stereocenters. The van der Waals surface area contributed by atoms with Gasteiger partial charge in [-0.15, -0.1) is 12.4 Å². The number of hydrogen-bond acceptors (Lipinski definition) is 1. The molecular formula is C12H20ClN. The molecule has 0 aliphatic heterocycles. The molecule has 14 heavy (non-hydrogen) atoms. The predicted molar refractivity (Wildman–Crippen MR) is 65.0 cm³/mol. The van der Waals surface area contributed by atoms with Crippen LogP contribution in [0.5, 0.6) is 0 Å². The van der Waals surface area contributed by atoms with E-state index in [0.717, 1.165) is 6.42 Å². The lowest BCUT2D eigenvalue weighted by atomic mass is 9.97. The van der Waals surface area contributed by atoms with Crippen LogP contribution in [0.4, 0.5) is 0 Å². The van der Waals surface area contributed by atoms with E-state index in [0.29, 0.717) is 5.92 Å². The first kappa shape index (κ1) is 13.5. The molecule has 0 heterocycles. The first-order chi connectivity index (χ1) is 6.15. The zero-order chi connectivity index (χ0) is 9.84. The van der Waals surface area contributed by atoms with Gasteiger partial charge in [-0.1, -0.05) is 45.0 Å². The summed E-state index contributed by atoms with van der Waals surface area (Å²) in [4.78, 5) is 0. The minimum atomic E-state index is 0. The number of hydrogen-bond donors (Lipinski definition) is 1. The van der Waals surface area contributed by atoms with Gasteiger partial charge >= 0.3 is 0 Å². The molecule has 80 valence electrons. The first-order valence-electron chi connectivity index (χ1n) is 5.00. The molecule has 0 fully saturated rings. The van der Waals surface area contributed by atoms with E-state index >= 15 is 0 Å². The Labute approximate surface area is 93.1 Å². The maximum atomic E-state index is 5.96. The van der Waals surface area contributed by atoms with Crippen molar-refractivity contribution in [2.75, 3.05) is 0 Å². The average Bonchev–Trinajstić information content (AvgIpc) is 2.17. The van der Waals surface area contributed by atoms with E-state index in [1.54, 1.807) is 0 Å². The SMILES string of the molecule is CC[C@H](N)c1cccc(C(C)C)c1.Cl. The lowest BCUT2D eigenvalue weighted by molar-refractivity contribution is 0.695. The molecule has 2 N–H and O–H groups in total. The molecule has 0 amide bonds. The van der Waals surface area contributed by atoms with Crippen LogP contribution in [0.2, 0.25) is 0 Å². The summed E-state index contributed by atoms with van der Waals surface area (Å²) >= 11 is 0. The quantitative estimate of drug-likeness (QED) is 0.815. The van der Waals surface area contributed by atoms with Gasteiger partial charge in [0.1, 0.15) is 0 Å². The molecule has 1 aromatic carbocycles. The third kappa shape index (κ3) is 3.32. The van der Waals surface area contributed by atoms with Gasteiger partial charge in [-0.2, -0.15) is 0 Å². The Kier molecular flexibility index (Phi) is 5.82. The number of rotatable bonds is 3. The minimum Gasteiger partial charge on any atom is -0.324 e. The van der Waals surface area contributed by atoms with Gasteiger partial charge in [-0.05, 0) is 23.5 Å². The summed E-state index contributed by atoms with van der Waals surface area (Å²) < 4.78 is 0. The molecule has 0 saturated carbocycles. The van der Waals surface area contributed by atoms with Crippen molar-refractivity contribution in [3.05, 3.63) is 35.4 Å². The van der Waals surface area contributed by atoms with Crippen molar-refractivity contribution >= 4 is 12.4 Å². The zero-order valence-electron chi connectivity index (χ0n) is 9.16. The summed E-state index contributed by atoms with van der Waals surface area (Å²) in [5.41, 5.74) is 8.60. The van der Waals surface area contributed by atoms with Crippen molar-refractivity contribution in [2.45, 2.75) is 39.2 Å². The van der Waals surface area contributed by atoms with Gasteiger partial charge in [0.15, 0.2) is 0 Å². The maximum absolute atomic E-state index is 5.96. The van der Waals surface area contributed by atoms with E-state index in [2.05, 4.69) is 45.0 Å². The van der Waals surface area contributed by atoms with Crippen LogP contribution in [-0.4, -0.2) is 0 Å². The second-order valence-corrected chi connectivity index (χ2v) is 3.84. The van der Waals surface area contributed by atoms with E-state index in [-0.39, 0.29) is 18.4 Å². The molecule has 0 aliphatic rings. The summed E-state index contributed by atoms with van der Waals surface area (Å²) in [6, 6.07) is 8.79. The smallest absolute Gasteiger partial charge is 0.0292 e. The Bertz CT molecular complexity index is 271. The standard InChI is InChI=1S/C12H19N.ClH/c1-4-12(13)11-7-5-6-10(8-11)9(2)3;/h5-9,12H,4,13H2,1-3H3;1H/t12-;/m0./s1. The van der Waals surface area contributed by atoms with Gasteiger partial charge in [0, 0.05) is 6.04 Å². The van der Waals surface area contributed by atoms with Crippen LogP contribution in [0, 0.1) is 0 Å². The Morgan fingerprint density at radius 2 is 1.79 bits per heavy atom. The zero-order valence-corrected chi connectivity index (χ0v) is 9.97. The lowest BCUT2D eigenvalue weighted by Crippen LogP contribution is -2.08. The Hall–Kier alpha value is -0.530. The molecule has 0 bridgehead atoms. The van der Waals surface area contributed by atoms with Gasteiger partial charge in [-0.3, -0.25) is 0 Å². The number of benzene rings is 1. The van der Waals surface area contributed by atoms with Crippen LogP contribution in [0.1, 0.15) is 50.3 Å². The number of halogens is 1. The molecule has 2 heteroatoms. The maximum Gasteiger partial charge on any atom is 0.0292 e. The van der Waals surface area contributed by atoms with Crippen molar-refractivity contribution in [2.24, 2.45) is 5.73 Å². The van der Waals surface area contributed by atoms with E-state index in [9.17, 15) is 0 Å². The highest BCUT2D eigenvalue weighted by Gasteiger charge is 2.05. The Balaban J connectivity index is 0.00000169. The third-order valence-corrected chi connectivity index (χ3v) is 2.45. The lowest BCUT2D eigenvalue weighted by Gasteiger charge is -2.12. The Morgan fingerprint density at radius 1 is 1.21 bits per heavy atom. The van der Waals surface area contributed by atoms with Crippen LogP contribution in [0.15, 0.2) is 24.3 Å². The highest BCUT2D eigenvalue weighted by molar-refractivity contribution is 5.85. The molecule has 0 aliphatic carbocycles. The molecule has 1 nitrogen and oxygen atoms in total. The van der Waals surface area contributed by atoms with E-state index in [1.807, 2.05) is 0 Å². The van der Waals surface area contributed by atoms with Crippen molar-refractivity contribution in [1.82, 2.24) is 0 Å². The summed E-state index contributed by atoms with van der Waals surface area (Å²) in [5, 5.41) is 0.